The van der Waals surface area contributed by atoms with Gasteiger partial charge in [-0.05, 0) is 0 Å². The number of nitrogens with zero attached hydrogens (tertiary/aromatic N) is 1. The van der Waals surface area contributed by atoms with Crippen LogP contribution in [0.5, 0.6) is 5.95 Å². The van der Waals surface area contributed by atoms with Gasteiger partial charge in [-0.2, -0.15) is 0 Å². The Labute approximate surface area is 86.2 Å². The highest BCUT2D eigenvalue weighted by molar-refractivity contribution is 6.34. The first-order chi connectivity index (χ1) is 6.83. The lowest BCUT2D eigenvalue weighted by Gasteiger charge is -1.94. The van der Waals surface area contributed by atoms with Crippen LogP contribution in [-0.2, 0) is 0 Å². The van der Waals surface area contributed by atoms with E-state index >= 15 is 0 Å². The molecule has 1 aromatic carbocycles. The second kappa shape index (κ2) is 3.72. The molecule has 0 atom stereocenters. The molecule has 0 fully saturated rings. The fourth-order valence-corrected chi connectivity index (χ4v) is 1.42. The Kier molecular flexibility index (Phi) is 2.41. The highest BCUT2D eigenvalue weighted by atomic mass is 35.5. The monoisotopic (exact) mass is 209 g/mol. The van der Waals surface area contributed by atoms with E-state index in [1.807, 2.05) is 30.3 Å². The molecule has 0 saturated heterocycles. The fourth-order valence-electron chi connectivity index (χ4n) is 1.17. The van der Waals surface area contributed by atoms with Crippen LogP contribution in [0.25, 0.3) is 11.3 Å². The molecule has 0 aliphatic carbocycles. The molecular weight excluding hydrogens is 202 g/mol. The third-order valence-electron chi connectivity index (χ3n) is 1.84. The predicted octanol–water partition coefficient (Wildman–Crippen LogP) is 3.00. The maximum Gasteiger partial charge on any atom is 0.330 e. The molecule has 14 heavy (non-hydrogen) atoms. The Bertz CT molecular complexity index is 425. The van der Waals surface area contributed by atoms with Crippen LogP contribution in [0.4, 0.5) is 0 Å². The summed E-state index contributed by atoms with van der Waals surface area (Å²) in [6.45, 7) is 0. The molecule has 0 saturated carbocycles. The van der Waals surface area contributed by atoms with Gasteiger partial charge in [0, 0.05) is 5.56 Å². The first-order valence-corrected chi connectivity index (χ1v) is 4.45. The molecule has 0 spiro atoms. The van der Waals surface area contributed by atoms with E-state index in [2.05, 4.69) is 5.16 Å². The topological polar surface area (TPSA) is 35.3 Å². The summed E-state index contributed by atoms with van der Waals surface area (Å²) in [5.41, 5.74) is 1.51. The van der Waals surface area contributed by atoms with Gasteiger partial charge in [-0.1, -0.05) is 47.1 Å². The Morgan fingerprint density at radius 1 is 1.29 bits per heavy atom. The summed E-state index contributed by atoms with van der Waals surface area (Å²) in [5.74, 6) is 0.241. The highest BCUT2D eigenvalue weighted by Crippen LogP contribution is 2.34. The summed E-state index contributed by atoms with van der Waals surface area (Å²) >= 11 is 5.98. The summed E-state index contributed by atoms with van der Waals surface area (Å²) in [5, 5.41) is 4.23. The lowest BCUT2D eigenvalue weighted by atomic mass is 10.2. The Hall–Kier alpha value is -1.48. The number of methoxy groups -OCH3 is 1. The van der Waals surface area contributed by atoms with Crippen LogP contribution in [-0.4, -0.2) is 12.3 Å². The quantitative estimate of drug-likeness (QED) is 0.763. The van der Waals surface area contributed by atoms with Crippen molar-refractivity contribution >= 4 is 11.6 Å². The van der Waals surface area contributed by atoms with Crippen molar-refractivity contribution in [3.05, 3.63) is 35.4 Å². The van der Waals surface area contributed by atoms with Crippen molar-refractivity contribution in [1.82, 2.24) is 5.16 Å². The number of rotatable bonds is 2. The molecule has 0 radical (unpaired) electrons. The summed E-state index contributed by atoms with van der Waals surface area (Å²) in [6.07, 6.45) is 0. The van der Waals surface area contributed by atoms with Gasteiger partial charge in [0.05, 0.1) is 7.11 Å². The summed E-state index contributed by atoms with van der Waals surface area (Å²) in [4.78, 5) is 0. The maximum atomic E-state index is 5.98. The summed E-state index contributed by atoms with van der Waals surface area (Å²) < 4.78 is 9.78. The zero-order valence-electron chi connectivity index (χ0n) is 7.53. The van der Waals surface area contributed by atoms with E-state index in [4.69, 9.17) is 20.9 Å². The summed E-state index contributed by atoms with van der Waals surface area (Å²) in [7, 11) is 1.49. The molecule has 3 nitrogen and oxygen atoms in total. The average molecular weight is 210 g/mol. The molecule has 0 bridgehead atoms. The Balaban J connectivity index is 2.48. The lowest BCUT2D eigenvalue weighted by Crippen LogP contribution is -1.79. The van der Waals surface area contributed by atoms with E-state index in [0.29, 0.717) is 10.7 Å². The third-order valence-corrected chi connectivity index (χ3v) is 2.17. The van der Waals surface area contributed by atoms with E-state index in [1.165, 1.54) is 7.11 Å². The van der Waals surface area contributed by atoms with E-state index in [9.17, 15) is 0 Å². The molecule has 0 aliphatic rings. The van der Waals surface area contributed by atoms with Gasteiger partial charge in [0.15, 0.2) is 5.02 Å². The first-order valence-electron chi connectivity index (χ1n) is 4.07. The molecule has 72 valence electrons. The molecule has 1 aromatic heterocycles. The molecule has 0 unspecified atom stereocenters. The van der Waals surface area contributed by atoms with Gasteiger partial charge < -0.3 is 9.26 Å². The van der Waals surface area contributed by atoms with Gasteiger partial charge in [0.1, 0.15) is 5.69 Å². The first kappa shape index (κ1) is 9.09. The number of aromatic nitrogens is 1. The molecule has 0 aliphatic heterocycles. The standard InChI is InChI=1S/C10H8ClNO2/c1-13-10-8(11)9(12-14-10)7-5-3-2-4-6-7/h2-6H,1H3. The SMILES string of the molecule is COc1onc(-c2ccccc2)c1Cl. The van der Waals surface area contributed by atoms with Gasteiger partial charge >= 0.3 is 5.95 Å². The van der Waals surface area contributed by atoms with E-state index in [0.717, 1.165) is 5.56 Å². The zero-order chi connectivity index (χ0) is 9.97. The second-order valence-electron chi connectivity index (χ2n) is 2.70. The van der Waals surface area contributed by atoms with Crippen LogP contribution in [0, 0.1) is 0 Å². The fraction of sp³-hybridized carbons (Fsp3) is 0.100. The smallest absolute Gasteiger partial charge is 0.330 e. The van der Waals surface area contributed by atoms with Gasteiger partial charge in [0.25, 0.3) is 0 Å². The molecule has 1 heterocycles. The number of benzene rings is 1. The molecular formula is C10H8ClNO2. The van der Waals surface area contributed by atoms with Crippen molar-refractivity contribution in [1.29, 1.82) is 0 Å². The number of halogens is 1. The number of ether oxygens (including phenoxy) is 1. The minimum absolute atomic E-state index is 0.241. The van der Waals surface area contributed by atoms with Crippen LogP contribution >= 0.6 is 11.6 Å². The largest absolute Gasteiger partial charge is 0.466 e. The Morgan fingerprint density at radius 3 is 2.57 bits per heavy atom. The number of hydrogen-bond donors (Lipinski definition) is 0. The molecule has 4 heteroatoms. The second-order valence-corrected chi connectivity index (χ2v) is 3.08. The van der Waals surface area contributed by atoms with Crippen LogP contribution < -0.4 is 4.74 Å². The maximum absolute atomic E-state index is 5.98. The van der Waals surface area contributed by atoms with E-state index in [-0.39, 0.29) is 5.95 Å². The van der Waals surface area contributed by atoms with Crippen LogP contribution in [0.2, 0.25) is 5.02 Å². The summed E-state index contributed by atoms with van der Waals surface area (Å²) in [6, 6.07) is 9.56. The van der Waals surface area contributed by atoms with Crippen LogP contribution in [0.15, 0.2) is 34.9 Å². The van der Waals surface area contributed by atoms with Crippen molar-refractivity contribution in [2.75, 3.05) is 7.11 Å². The molecule has 2 rings (SSSR count). The van der Waals surface area contributed by atoms with Gasteiger partial charge in [-0.25, -0.2) is 0 Å². The van der Waals surface area contributed by atoms with Crippen molar-refractivity contribution in [3.63, 3.8) is 0 Å². The number of hydrogen-bond acceptors (Lipinski definition) is 3. The van der Waals surface area contributed by atoms with Crippen molar-refractivity contribution in [2.45, 2.75) is 0 Å². The minimum Gasteiger partial charge on any atom is -0.466 e. The Morgan fingerprint density at radius 2 is 2.00 bits per heavy atom. The minimum atomic E-state index is 0.241. The zero-order valence-corrected chi connectivity index (χ0v) is 8.28. The normalized spacial score (nSPS) is 10.1. The molecule has 0 amide bonds. The molecule has 2 aromatic rings. The van der Waals surface area contributed by atoms with Crippen LogP contribution in [0.3, 0.4) is 0 Å². The van der Waals surface area contributed by atoms with Gasteiger partial charge in [-0.15, -0.1) is 0 Å². The van der Waals surface area contributed by atoms with Crippen molar-refractivity contribution in [3.8, 4) is 17.2 Å². The van der Waals surface area contributed by atoms with Crippen LogP contribution in [0.1, 0.15) is 0 Å². The van der Waals surface area contributed by atoms with Gasteiger partial charge in [0.2, 0.25) is 0 Å². The van der Waals surface area contributed by atoms with E-state index in [1.54, 1.807) is 0 Å². The lowest BCUT2D eigenvalue weighted by molar-refractivity contribution is 0.261. The van der Waals surface area contributed by atoms with Crippen molar-refractivity contribution in [2.24, 2.45) is 0 Å². The van der Waals surface area contributed by atoms with E-state index < -0.39 is 0 Å². The highest BCUT2D eigenvalue weighted by Gasteiger charge is 2.15. The van der Waals surface area contributed by atoms with Gasteiger partial charge in [-0.3, -0.25) is 0 Å². The predicted molar refractivity (Wildman–Crippen MR) is 53.5 cm³/mol. The third kappa shape index (κ3) is 1.46. The van der Waals surface area contributed by atoms with Crippen molar-refractivity contribution < 1.29 is 9.26 Å². The average Bonchev–Trinajstić information content (AvgIpc) is 2.61. The molecule has 0 N–H and O–H groups in total.